The monoisotopic (exact) mass is 302 g/mol. The highest BCUT2D eigenvalue weighted by Gasteiger charge is 2.37. The van der Waals surface area contributed by atoms with Crippen LogP contribution in [0.5, 0.6) is 0 Å². The van der Waals surface area contributed by atoms with Gasteiger partial charge in [0.25, 0.3) is 0 Å². The van der Waals surface area contributed by atoms with Crippen molar-refractivity contribution in [3.05, 3.63) is 35.2 Å². The number of fused-ring (bicyclic) bond motifs is 1. The molecule has 0 saturated heterocycles. The van der Waals surface area contributed by atoms with Gasteiger partial charge in [-0.3, -0.25) is 4.79 Å². The third kappa shape index (κ3) is 2.97. The van der Waals surface area contributed by atoms with E-state index in [1.807, 2.05) is 0 Å². The van der Waals surface area contributed by atoms with Gasteiger partial charge in [0.1, 0.15) is 0 Å². The van der Waals surface area contributed by atoms with Gasteiger partial charge in [-0.2, -0.15) is 0 Å². The molecule has 1 aromatic carbocycles. The van der Waals surface area contributed by atoms with Crippen molar-refractivity contribution in [2.45, 2.75) is 44.6 Å². The molecule has 3 nitrogen and oxygen atoms in total. The van der Waals surface area contributed by atoms with E-state index in [0.29, 0.717) is 6.42 Å². The Morgan fingerprint density at radius 3 is 2.71 bits per heavy atom. The highest BCUT2D eigenvalue weighted by atomic mass is 32.1. The van der Waals surface area contributed by atoms with Crippen LogP contribution >= 0.6 is 11.3 Å². The van der Waals surface area contributed by atoms with Crippen LogP contribution in [0, 0.1) is 5.41 Å². The van der Waals surface area contributed by atoms with Crippen molar-refractivity contribution in [2.24, 2.45) is 16.9 Å². The van der Waals surface area contributed by atoms with Crippen LogP contribution in [-0.2, 0) is 4.79 Å². The smallest absolute Gasteiger partial charge is 0.217 e. The minimum atomic E-state index is -0.195. The van der Waals surface area contributed by atoms with Gasteiger partial charge >= 0.3 is 0 Å². The lowest BCUT2D eigenvalue weighted by Gasteiger charge is -2.30. The minimum absolute atomic E-state index is 0.0152. The number of rotatable bonds is 5. The van der Waals surface area contributed by atoms with Gasteiger partial charge in [-0.05, 0) is 47.1 Å². The molecule has 0 radical (unpaired) electrons. The number of carbonyl (C=O) groups is 1. The second-order valence-corrected chi connectivity index (χ2v) is 7.26. The van der Waals surface area contributed by atoms with E-state index in [2.05, 4.69) is 29.6 Å². The Labute approximate surface area is 129 Å². The molecule has 1 aliphatic rings. The summed E-state index contributed by atoms with van der Waals surface area (Å²) in [6, 6.07) is 8.36. The van der Waals surface area contributed by atoms with Gasteiger partial charge in [0.2, 0.25) is 5.91 Å². The van der Waals surface area contributed by atoms with Crippen molar-refractivity contribution in [3.8, 4) is 0 Å². The van der Waals surface area contributed by atoms with Crippen molar-refractivity contribution in [3.63, 3.8) is 0 Å². The average Bonchev–Trinajstić information content (AvgIpc) is 3.04. The molecule has 2 aromatic rings. The van der Waals surface area contributed by atoms with E-state index >= 15 is 0 Å². The summed E-state index contributed by atoms with van der Waals surface area (Å²) in [5.74, 6) is -0.195. The van der Waals surface area contributed by atoms with E-state index in [4.69, 9.17) is 11.5 Å². The number of thiophene rings is 1. The van der Waals surface area contributed by atoms with Crippen molar-refractivity contribution in [1.82, 2.24) is 0 Å². The third-order valence-corrected chi connectivity index (χ3v) is 5.76. The summed E-state index contributed by atoms with van der Waals surface area (Å²) in [5.41, 5.74) is 13.2. The predicted molar refractivity (Wildman–Crippen MR) is 88.1 cm³/mol. The zero-order chi connectivity index (χ0) is 14.9. The fourth-order valence-corrected chi connectivity index (χ4v) is 4.84. The molecule has 21 heavy (non-hydrogen) atoms. The van der Waals surface area contributed by atoms with Crippen LogP contribution in [-0.4, -0.2) is 5.91 Å². The van der Waals surface area contributed by atoms with Crippen LogP contribution in [0.15, 0.2) is 29.6 Å². The summed E-state index contributed by atoms with van der Waals surface area (Å²) < 4.78 is 1.28. The van der Waals surface area contributed by atoms with Gasteiger partial charge in [-0.1, -0.05) is 31.0 Å². The Kier molecular flexibility index (Phi) is 4.00. The Morgan fingerprint density at radius 1 is 1.29 bits per heavy atom. The van der Waals surface area contributed by atoms with Crippen molar-refractivity contribution in [1.29, 1.82) is 0 Å². The van der Waals surface area contributed by atoms with E-state index in [1.54, 1.807) is 11.3 Å². The molecule has 1 fully saturated rings. The molecule has 0 aliphatic heterocycles. The highest BCUT2D eigenvalue weighted by Crippen LogP contribution is 2.47. The molecular weight excluding hydrogens is 280 g/mol. The molecular formula is C17H22N2OS. The topological polar surface area (TPSA) is 69.1 Å². The summed E-state index contributed by atoms with van der Waals surface area (Å²) in [7, 11) is 0. The number of primary amides is 1. The lowest BCUT2D eigenvalue weighted by molar-refractivity contribution is -0.120. The average molecular weight is 302 g/mol. The predicted octanol–water partition coefficient (Wildman–Crippen LogP) is 3.73. The second kappa shape index (κ2) is 5.78. The second-order valence-electron chi connectivity index (χ2n) is 6.35. The van der Waals surface area contributed by atoms with E-state index in [9.17, 15) is 4.79 Å². The van der Waals surface area contributed by atoms with Crippen LogP contribution in [0.3, 0.4) is 0 Å². The summed E-state index contributed by atoms with van der Waals surface area (Å²) >= 11 is 1.74. The molecule has 1 amide bonds. The summed E-state index contributed by atoms with van der Waals surface area (Å²) in [6.07, 6.45) is 5.85. The van der Waals surface area contributed by atoms with E-state index < -0.39 is 0 Å². The highest BCUT2D eigenvalue weighted by molar-refractivity contribution is 7.17. The molecule has 1 unspecified atom stereocenters. The normalized spacial score (nSPS) is 18.9. The molecule has 4 N–H and O–H groups in total. The van der Waals surface area contributed by atoms with Crippen LogP contribution in [0.2, 0.25) is 0 Å². The Hall–Kier alpha value is -1.39. The maximum absolute atomic E-state index is 11.4. The molecule has 1 heterocycles. The number of amides is 1. The van der Waals surface area contributed by atoms with Gasteiger partial charge in [-0.15, -0.1) is 11.3 Å². The lowest BCUT2D eigenvalue weighted by atomic mass is 9.76. The maximum atomic E-state index is 11.4. The van der Waals surface area contributed by atoms with Gasteiger partial charge < -0.3 is 11.5 Å². The fraction of sp³-hybridized carbons (Fsp3) is 0.471. The van der Waals surface area contributed by atoms with Gasteiger partial charge in [-0.25, -0.2) is 0 Å². The molecule has 1 aromatic heterocycles. The molecule has 1 aliphatic carbocycles. The molecule has 1 saturated carbocycles. The molecule has 0 bridgehead atoms. The van der Waals surface area contributed by atoms with Gasteiger partial charge in [0, 0.05) is 17.2 Å². The Balaban J connectivity index is 1.84. The maximum Gasteiger partial charge on any atom is 0.217 e. The van der Waals surface area contributed by atoms with Crippen LogP contribution in [0.1, 0.15) is 50.1 Å². The Bertz CT molecular complexity index is 643. The van der Waals surface area contributed by atoms with Crippen LogP contribution in [0.25, 0.3) is 10.1 Å². The minimum Gasteiger partial charge on any atom is -0.370 e. The van der Waals surface area contributed by atoms with Gasteiger partial charge in [0.15, 0.2) is 0 Å². The first-order valence-corrected chi connectivity index (χ1v) is 8.48. The van der Waals surface area contributed by atoms with E-state index in [0.717, 1.165) is 19.3 Å². The van der Waals surface area contributed by atoms with Crippen LogP contribution < -0.4 is 11.5 Å². The lowest BCUT2D eigenvalue weighted by Crippen LogP contribution is -2.29. The van der Waals surface area contributed by atoms with Crippen molar-refractivity contribution >= 4 is 27.3 Å². The number of hydrogen-bond donors (Lipinski definition) is 2. The standard InChI is InChI=1S/C17H22N2OS/c18-14(9-17(10-16(19)20)7-3-4-8-17)13-11-21-15-6-2-1-5-12(13)15/h1-2,5-6,11,14H,3-4,7-10,18H2,(H2,19,20). The number of benzene rings is 1. The quantitative estimate of drug-likeness (QED) is 0.883. The zero-order valence-corrected chi connectivity index (χ0v) is 13.0. The molecule has 4 heteroatoms. The number of hydrogen-bond acceptors (Lipinski definition) is 3. The van der Waals surface area contributed by atoms with Crippen molar-refractivity contribution in [2.75, 3.05) is 0 Å². The zero-order valence-electron chi connectivity index (χ0n) is 12.2. The summed E-state index contributed by atoms with van der Waals surface area (Å²) in [5, 5.41) is 3.42. The van der Waals surface area contributed by atoms with E-state index in [-0.39, 0.29) is 17.4 Å². The first kappa shape index (κ1) is 14.5. The molecule has 1 atom stereocenters. The first-order chi connectivity index (χ1) is 10.1. The Morgan fingerprint density at radius 2 is 2.00 bits per heavy atom. The van der Waals surface area contributed by atoms with Gasteiger partial charge in [0.05, 0.1) is 0 Å². The SMILES string of the molecule is NC(=O)CC1(CC(N)c2csc3ccccc23)CCCC1. The molecule has 0 spiro atoms. The number of nitrogens with two attached hydrogens (primary N) is 2. The first-order valence-electron chi connectivity index (χ1n) is 7.60. The number of carbonyl (C=O) groups excluding carboxylic acids is 1. The summed E-state index contributed by atoms with van der Waals surface area (Å²) in [6.45, 7) is 0. The van der Waals surface area contributed by atoms with Crippen LogP contribution in [0.4, 0.5) is 0 Å². The molecule has 3 rings (SSSR count). The van der Waals surface area contributed by atoms with Crippen molar-refractivity contribution < 1.29 is 4.79 Å². The molecule has 112 valence electrons. The van der Waals surface area contributed by atoms with E-state index in [1.165, 1.54) is 28.5 Å². The summed E-state index contributed by atoms with van der Waals surface area (Å²) in [4.78, 5) is 11.4. The third-order valence-electron chi connectivity index (χ3n) is 4.78. The largest absolute Gasteiger partial charge is 0.370 e. The fourth-order valence-electron chi connectivity index (χ4n) is 3.81.